The summed E-state index contributed by atoms with van der Waals surface area (Å²) in [4.78, 5) is 23.1. The van der Waals surface area contributed by atoms with Crippen molar-refractivity contribution in [1.82, 2.24) is 24.5 Å². The molecule has 2 aliphatic carbocycles. The van der Waals surface area contributed by atoms with Crippen molar-refractivity contribution in [3.63, 3.8) is 0 Å². The van der Waals surface area contributed by atoms with Crippen molar-refractivity contribution in [2.75, 3.05) is 6.98 Å². The van der Waals surface area contributed by atoms with Gasteiger partial charge in [-0.1, -0.05) is 0 Å². The van der Waals surface area contributed by atoms with Crippen LogP contribution in [0, 0.1) is 11.6 Å². The van der Waals surface area contributed by atoms with Crippen LogP contribution in [0.3, 0.4) is 0 Å². The van der Waals surface area contributed by atoms with Crippen LogP contribution >= 0.6 is 0 Å². The average Bonchev–Trinajstić information content (AvgIpc) is 3.40. The maximum atomic E-state index is 15.3. The van der Waals surface area contributed by atoms with Crippen LogP contribution in [0.25, 0.3) is 16.9 Å². The van der Waals surface area contributed by atoms with E-state index < -0.39 is 60.0 Å². The quantitative estimate of drug-likeness (QED) is 0.355. The number of amides is 1. The highest BCUT2D eigenvalue weighted by Gasteiger charge is 2.52. The Labute approximate surface area is 234 Å². The number of carbonyl (C=O) groups excluding carboxylic acids is 1. The number of halogens is 4. The van der Waals surface area contributed by atoms with Gasteiger partial charge in [-0.2, -0.15) is 13.9 Å². The van der Waals surface area contributed by atoms with Crippen LogP contribution in [0.1, 0.15) is 75.1 Å². The number of aliphatic hydroxyl groups is 1. The smallest absolute Gasteiger partial charge is 0.387 e. The lowest BCUT2D eigenvalue weighted by molar-refractivity contribution is -0.0764. The van der Waals surface area contributed by atoms with Crippen LogP contribution in [-0.2, 0) is 5.54 Å². The predicted octanol–water partition coefficient (Wildman–Crippen LogP) is 4.03. The summed E-state index contributed by atoms with van der Waals surface area (Å²) in [6.45, 7) is -4.78. The minimum Gasteiger partial charge on any atom is -0.431 e. The van der Waals surface area contributed by atoms with Crippen LogP contribution in [-0.4, -0.2) is 54.7 Å². The van der Waals surface area contributed by atoms with Gasteiger partial charge >= 0.3 is 6.61 Å². The Bertz CT molecular complexity index is 1870. The third kappa shape index (κ3) is 3.75. The number of ether oxygens (including phenoxy) is 1. The summed E-state index contributed by atoms with van der Waals surface area (Å²) in [6.07, 6.45) is 3.03. The predicted molar refractivity (Wildman–Crippen MR) is 136 cm³/mol. The fourth-order valence-electron chi connectivity index (χ4n) is 6.65. The highest BCUT2D eigenvalue weighted by molar-refractivity contribution is 5.98. The van der Waals surface area contributed by atoms with Gasteiger partial charge < -0.3 is 20.5 Å². The molecule has 0 radical (unpaired) electrons. The Morgan fingerprint density at radius 3 is 2.68 bits per heavy atom. The molecule has 4 heterocycles. The number of rotatable bonds is 4. The average molecular weight is 572 g/mol. The zero-order valence-corrected chi connectivity index (χ0v) is 21.4. The molecule has 1 aromatic carbocycles. The molecule has 13 heteroatoms. The largest absolute Gasteiger partial charge is 0.431 e. The molecule has 2 bridgehead atoms. The summed E-state index contributed by atoms with van der Waals surface area (Å²) >= 11 is 0. The number of nitrogens with two attached hydrogens (primary N) is 1. The molecule has 9 nitrogen and oxygen atoms in total. The van der Waals surface area contributed by atoms with Gasteiger partial charge in [0.15, 0.2) is 17.2 Å². The fraction of sp³-hybridized carbons (Fsp3) is 0.357. The standard InChI is InChI=1S/C28H24F4N6O3/c1-27(40)10-28(33,11-27)23-16(30)7-12(9-34-23)17-5-6-38-24(35-17)20-14-8-18(21(20)36-38)37(2)25(39)13-3-4-15(29)22(19(13)14)41-26(31)32/h3-7,9,14,18,26,40H,8,10-11,33H2,1-2H3/t14-,18-,27?,28?/m1/s1/i2D3. The van der Waals surface area contributed by atoms with E-state index in [1.807, 2.05) is 0 Å². The molecule has 0 spiro atoms. The minimum atomic E-state index is -3.43. The molecule has 7 rings (SSSR count). The molecule has 1 fully saturated rings. The number of aromatic nitrogens is 4. The molecule has 0 unspecified atom stereocenters. The van der Waals surface area contributed by atoms with Crippen molar-refractivity contribution in [2.24, 2.45) is 5.73 Å². The number of hydrogen-bond acceptors (Lipinski definition) is 7. The van der Waals surface area contributed by atoms with Gasteiger partial charge in [0.05, 0.1) is 34.3 Å². The molecule has 1 aliphatic heterocycles. The van der Waals surface area contributed by atoms with Crippen molar-refractivity contribution in [3.8, 4) is 17.0 Å². The van der Waals surface area contributed by atoms with Crippen molar-refractivity contribution < 1.29 is 36.3 Å². The van der Waals surface area contributed by atoms with Crippen LogP contribution in [0.2, 0.25) is 0 Å². The van der Waals surface area contributed by atoms with E-state index in [0.29, 0.717) is 10.5 Å². The van der Waals surface area contributed by atoms with E-state index >= 15 is 4.39 Å². The molecule has 1 amide bonds. The van der Waals surface area contributed by atoms with Gasteiger partial charge in [-0.05, 0) is 50.5 Å². The van der Waals surface area contributed by atoms with Crippen LogP contribution < -0.4 is 10.5 Å². The Morgan fingerprint density at radius 1 is 1.22 bits per heavy atom. The number of hydrogen-bond donors (Lipinski definition) is 2. The summed E-state index contributed by atoms with van der Waals surface area (Å²) in [5.74, 6) is -4.71. The lowest BCUT2D eigenvalue weighted by atomic mass is 9.64. The van der Waals surface area contributed by atoms with E-state index in [1.165, 1.54) is 29.0 Å². The van der Waals surface area contributed by atoms with E-state index in [0.717, 1.165) is 12.1 Å². The van der Waals surface area contributed by atoms with Gasteiger partial charge in [0.2, 0.25) is 0 Å². The zero-order valence-electron chi connectivity index (χ0n) is 24.4. The summed E-state index contributed by atoms with van der Waals surface area (Å²) < 4.78 is 87.3. The summed E-state index contributed by atoms with van der Waals surface area (Å²) in [6, 6.07) is 3.44. The number of pyridine rings is 1. The van der Waals surface area contributed by atoms with Crippen molar-refractivity contribution >= 4 is 11.6 Å². The van der Waals surface area contributed by atoms with Crippen molar-refractivity contribution in [3.05, 3.63) is 76.4 Å². The molecule has 1 saturated carbocycles. The Balaban J connectivity index is 1.39. The van der Waals surface area contributed by atoms with Crippen LogP contribution in [0.15, 0.2) is 36.7 Å². The highest BCUT2D eigenvalue weighted by Crippen LogP contribution is 2.54. The molecule has 2 atom stereocenters. The van der Waals surface area contributed by atoms with Gasteiger partial charge in [-0.25, -0.2) is 18.3 Å². The third-order valence-corrected chi connectivity index (χ3v) is 8.14. The topological polar surface area (TPSA) is 119 Å². The third-order valence-electron chi connectivity index (χ3n) is 8.14. The second kappa shape index (κ2) is 8.46. The summed E-state index contributed by atoms with van der Waals surface area (Å²) in [5, 5.41) is 14.6. The molecule has 41 heavy (non-hydrogen) atoms. The molecule has 3 N–H and O–H groups in total. The summed E-state index contributed by atoms with van der Waals surface area (Å²) in [5.41, 5.74) is 4.75. The van der Waals surface area contributed by atoms with Crippen LogP contribution in [0.4, 0.5) is 17.6 Å². The Kier molecular flexibility index (Phi) is 4.66. The number of carbonyl (C=O) groups is 1. The van der Waals surface area contributed by atoms with Gasteiger partial charge in [0, 0.05) is 51.7 Å². The fourth-order valence-corrected chi connectivity index (χ4v) is 6.65. The molecule has 3 aliphatic rings. The van der Waals surface area contributed by atoms with E-state index in [9.17, 15) is 23.1 Å². The second-order valence-electron chi connectivity index (χ2n) is 11.1. The molecule has 4 aromatic rings. The van der Waals surface area contributed by atoms with Crippen molar-refractivity contribution in [2.45, 2.75) is 55.9 Å². The monoisotopic (exact) mass is 571 g/mol. The molecule has 3 aromatic heterocycles. The molecular formula is C28H24F4N6O3. The normalized spacial score (nSPS) is 28.0. The van der Waals surface area contributed by atoms with Gasteiger partial charge in [-0.3, -0.25) is 9.78 Å². The number of benzene rings is 1. The Morgan fingerprint density at radius 2 is 2.00 bits per heavy atom. The molecular weight excluding hydrogens is 544 g/mol. The maximum absolute atomic E-state index is 15.3. The Hall–Kier alpha value is -4.10. The highest BCUT2D eigenvalue weighted by atomic mass is 19.3. The second-order valence-corrected chi connectivity index (χ2v) is 11.1. The number of alkyl halides is 2. The SMILES string of the molecule is [2H]C([2H])([2H])N1C(=O)c2ccc(F)c(OC(F)F)c2[C@H]2C[C@@H]1c1nn3ccc(-c4cnc(C5(N)CC(C)(O)C5)c(F)c4)nc3c12. The first-order valence-corrected chi connectivity index (χ1v) is 12.8. The van der Waals surface area contributed by atoms with E-state index in [4.69, 9.17) is 9.85 Å². The first kappa shape index (κ1) is 22.6. The lowest BCUT2D eigenvalue weighted by Gasteiger charge is -2.48. The molecule has 0 saturated heterocycles. The van der Waals surface area contributed by atoms with Crippen molar-refractivity contribution in [1.29, 1.82) is 0 Å². The maximum Gasteiger partial charge on any atom is 0.387 e. The first-order valence-electron chi connectivity index (χ1n) is 14.3. The lowest BCUT2D eigenvalue weighted by Crippen LogP contribution is -2.59. The van der Waals surface area contributed by atoms with Crippen LogP contribution in [0.5, 0.6) is 5.75 Å². The van der Waals surface area contributed by atoms with E-state index in [2.05, 4.69) is 19.8 Å². The van der Waals surface area contributed by atoms with E-state index in [1.54, 1.807) is 6.92 Å². The van der Waals surface area contributed by atoms with Gasteiger partial charge in [0.1, 0.15) is 5.82 Å². The number of nitrogens with zero attached hydrogens (tertiary/aromatic N) is 5. The summed E-state index contributed by atoms with van der Waals surface area (Å²) in [7, 11) is 0. The first-order chi connectivity index (χ1) is 20.6. The minimum absolute atomic E-state index is 0.00348. The van der Waals surface area contributed by atoms with E-state index in [-0.39, 0.29) is 58.7 Å². The van der Waals surface area contributed by atoms with Gasteiger partial charge in [0.25, 0.3) is 5.91 Å². The number of fused-ring (bicyclic) bond motifs is 9. The molecule has 212 valence electrons. The zero-order chi connectivity index (χ0) is 31.5. The van der Waals surface area contributed by atoms with Gasteiger partial charge in [-0.15, -0.1) is 0 Å².